The lowest BCUT2D eigenvalue weighted by molar-refractivity contribution is -0.150. The fourth-order valence-corrected chi connectivity index (χ4v) is 2.34. The summed E-state index contributed by atoms with van der Waals surface area (Å²) in [6, 6.07) is 9.72. The van der Waals surface area contributed by atoms with E-state index in [4.69, 9.17) is 9.47 Å². The van der Waals surface area contributed by atoms with Gasteiger partial charge in [-0.25, -0.2) is 0 Å². The van der Waals surface area contributed by atoms with Crippen molar-refractivity contribution in [1.29, 1.82) is 0 Å². The van der Waals surface area contributed by atoms with E-state index in [0.29, 0.717) is 6.61 Å². The third-order valence-electron chi connectivity index (χ3n) is 3.26. The maximum Gasteiger partial charge on any atom is 0.312 e. The molecule has 3 heteroatoms. The number of esters is 1. The fourth-order valence-electron chi connectivity index (χ4n) is 2.34. The van der Waals surface area contributed by atoms with Gasteiger partial charge in [0, 0.05) is 0 Å². The van der Waals surface area contributed by atoms with Gasteiger partial charge in [0.05, 0.1) is 18.1 Å². The molecule has 3 atom stereocenters. The van der Waals surface area contributed by atoms with E-state index >= 15 is 0 Å². The molecule has 0 spiro atoms. The summed E-state index contributed by atoms with van der Waals surface area (Å²) in [6.45, 7) is 0.345. The second-order valence-corrected chi connectivity index (χ2v) is 4.46. The summed E-state index contributed by atoms with van der Waals surface area (Å²) < 4.78 is 10.9. The number of hydrogen-bond acceptors (Lipinski definition) is 3. The normalized spacial score (nSPS) is 29.5. The highest BCUT2D eigenvalue weighted by molar-refractivity contribution is 5.74. The van der Waals surface area contributed by atoms with Crippen LogP contribution in [0.2, 0.25) is 0 Å². The van der Waals surface area contributed by atoms with E-state index in [1.54, 1.807) is 0 Å². The van der Waals surface area contributed by atoms with Crippen LogP contribution in [-0.4, -0.2) is 18.2 Å². The summed E-state index contributed by atoms with van der Waals surface area (Å²) in [7, 11) is 0. The van der Waals surface area contributed by atoms with E-state index in [1.165, 1.54) is 0 Å². The minimum Gasteiger partial charge on any atom is -0.461 e. The highest BCUT2D eigenvalue weighted by Crippen LogP contribution is 2.34. The van der Waals surface area contributed by atoms with E-state index < -0.39 is 0 Å². The quantitative estimate of drug-likeness (QED) is 0.589. The monoisotopic (exact) mass is 230 g/mol. The zero-order valence-electron chi connectivity index (χ0n) is 9.41. The molecule has 3 nitrogen and oxygen atoms in total. The van der Waals surface area contributed by atoms with Gasteiger partial charge in [0.25, 0.3) is 0 Å². The summed E-state index contributed by atoms with van der Waals surface area (Å²) in [4.78, 5) is 11.9. The SMILES string of the molecule is O=C(OCc1ccccc1)C1CC2C=CC1O2. The number of carbonyl (C=O) groups excluding carboxylic acids is 1. The number of benzene rings is 1. The zero-order chi connectivity index (χ0) is 11.7. The topological polar surface area (TPSA) is 35.5 Å². The summed E-state index contributed by atoms with van der Waals surface area (Å²) in [5.74, 6) is -0.264. The van der Waals surface area contributed by atoms with Crippen LogP contribution in [0.1, 0.15) is 12.0 Å². The Labute approximate surface area is 100 Å². The number of rotatable bonds is 3. The second kappa shape index (κ2) is 4.34. The number of hydrogen-bond donors (Lipinski definition) is 0. The summed E-state index contributed by atoms with van der Waals surface area (Å²) in [6.07, 6.45) is 4.79. The molecular formula is C14H14O3. The molecular weight excluding hydrogens is 216 g/mol. The predicted octanol–water partition coefficient (Wildman–Crippen LogP) is 2.07. The highest BCUT2D eigenvalue weighted by Gasteiger charge is 2.41. The zero-order valence-corrected chi connectivity index (χ0v) is 9.41. The van der Waals surface area contributed by atoms with Gasteiger partial charge in [0.1, 0.15) is 6.61 Å². The average Bonchev–Trinajstić information content (AvgIpc) is 2.99. The largest absolute Gasteiger partial charge is 0.461 e. The van der Waals surface area contributed by atoms with Gasteiger partial charge >= 0.3 is 5.97 Å². The molecule has 0 saturated carbocycles. The molecule has 1 saturated heterocycles. The second-order valence-electron chi connectivity index (χ2n) is 4.46. The lowest BCUT2D eigenvalue weighted by Crippen LogP contribution is -2.25. The van der Waals surface area contributed by atoms with Crippen molar-refractivity contribution in [3.05, 3.63) is 48.0 Å². The first-order chi connectivity index (χ1) is 8.33. The van der Waals surface area contributed by atoms with Gasteiger partial charge < -0.3 is 9.47 Å². The summed E-state index contributed by atoms with van der Waals surface area (Å²) in [5, 5.41) is 0. The maximum atomic E-state index is 11.9. The molecule has 0 aromatic heterocycles. The molecule has 2 aliphatic rings. The van der Waals surface area contributed by atoms with Crippen molar-refractivity contribution in [3.8, 4) is 0 Å². The molecule has 0 aliphatic carbocycles. The third-order valence-corrected chi connectivity index (χ3v) is 3.26. The molecule has 2 heterocycles. The van der Waals surface area contributed by atoms with Gasteiger partial charge in [-0.1, -0.05) is 42.5 Å². The van der Waals surface area contributed by atoms with Crippen LogP contribution < -0.4 is 0 Å². The molecule has 1 aromatic carbocycles. The van der Waals surface area contributed by atoms with Crippen LogP contribution in [0.3, 0.4) is 0 Å². The lowest BCUT2D eigenvalue weighted by atomic mass is 9.95. The molecule has 3 unspecified atom stereocenters. The Hall–Kier alpha value is -1.61. The first kappa shape index (κ1) is 10.5. The van der Waals surface area contributed by atoms with Crippen LogP contribution in [0.5, 0.6) is 0 Å². The maximum absolute atomic E-state index is 11.9. The van der Waals surface area contributed by atoms with Crippen molar-refractivity contribution in [1.82, 2.24) is 0 Å². The molecule has 1 aromatic rings. The minimum absolute atomic E-state index is 0.0664. The third kappa shape index (κ3) is 2.11. The van der Waals surface area contributed by atoms with Crippen LogP contribution in [0.15, 0.2) is 42.5 Å². The molecule has 88 valence electrons. The first-order valence-corrected chi connectivity index (χ1v) is 5.87. The number of fused-ring (bicyclic) bond motifs is 2. The Morgan fingerprint density at radius 3 is 2.76 bits per heavy atom. The number of ether oxygens (including phenoxy) is 2. The van der Waals surface area contributed by atoms with Crippen molar-refractivity contribution >= 4 is 5.97 Å². The van der Waals surface area contributed by atoms with Gasteiger partial charge in [-0.05, 0) is 12.0 Å². The Morgan fingerprint density at radius 2 is 2.12 bits per heavy atom. The molecule has 17 heavy (non-hydrogen) atoms. The number of carbonyl (C=O) groups is 1. The predicted molar refractivity (Wildman–Crippen MR) is 62.1 cm³/mol. The Kier molecular flexibility index (Phi) is 2.69. The van der Waals surface area contributed by atoms with Crippen molar-refractivity contribution < 1.29 is 14.3 Å². The molecule has 0 radical (unpaired) electrons. The summed E-state index contributed by atoms with van der Waals surface area (Å²) in [5.41, 5.74) is 1.01. The molecule has 0 N–H and O–H groups in total. The van der Waals surface area contributed by atoms with Crippen LogP contribution in [0, 0.1) is 5.92 Å². The molecule has 2 bridgehead atoms. The summed E-state index contributed by atoms with van der Waals surface area (Å²) >= 11 is 0. The minimum atomic E-state index is -0.147. The standard InChI is InChI=1S/C14H14O3/c15-14(12-8-11-6-7-13(12)17-11)16-9-10-4-2-1-3-5-10/h1-7,11-13H,8-9H2. The van der Waals surface area contributed by atoms with Crippen LogP contribution in [-0.2, 0) is 20.9 Å². The van der Waals surface area contributed by atoms with Crippen molar-refractivity contribution in [2.75, 3.05) is 0 Å². The van der Waals surface area contributed by atoms with Crippen LogP contribution in [0.25, 0.3) is 0 Å². The smallest absolute Gasteiger partial charge is 0.312 e. The van der Waals surface area contributed by atoms with E-state index in [1.807, 2.05) is 42.5 Å². The average molecular weight is 230 g/mol. The molecule has 2 aliphatic heterocycles. The fraction of sp³-hybridized carbons (Fsp3) is 0.357. The molecule has 0 amide bonds. The van der Waals surface area contributed by atoms with E-state index in [2.05, 4.69) is 0 Å². The highest BCUT2D eigenvalue weighted by atomic mass is 16.5. The van der Waals surface area contributed by atoms with E-state index in [0.717, 1.165) is 12.0 Å². The Morgan fingerprint density at radius 1 is 1.29 bits per heavy atom. The van der Waals surface area contributed by atoms with Gasteiger partial charge in [-0.3, -0.25) is 4.79 Å². The van der Waals surface area contributed by atoms with E-state index in [9.17, 15) is 4.79 Å². The van der Waals surface area contributed by atoms with E-state index in [-0.39, 0.29) is 24.1 Å². The van der Waals surface area contributed by atoms with Gasteiger partial charge in [0.15, 0.2) is 0 Å². The van der Waals surface area contributed by atoms with Crippen molar-refractivity contribution in [2.45, 2.75) is 25.2 Å². The van der Waals surface area contributed by atoms with Crippen LogP contribution >= 0.6 is 0 Å². The van der Waals surface area contributed by atoms with Gasteiger partial charge in [-0.15, -0.1) is 0 Å². The molecule has 1 fully saturated rings. The van der Waals surface area contributed by atoms with Gasteiger partial charge in [-0.2, -0.15) is 0 Å². The van der Waals surface area contributed by atoms with Crippen molar-refractivity contribution in [3.63, 3.8) is 0 Å². The lowest BCUT2D eigenvalue weighted by Gasteiger charge is -2.14. The Balaban J connectivity index is 1.56. The van der Waals surface area contributed by atoms with Crippen LogP contribution in [0.4, 0.5) is 0 Å². The Bertz CT molecular complexity index is 438. The first-order valence-electron chi connectivity index (χ1n) is 5.87. The van der Waals surface area contributed by atoms with Crippen molar-refractivity contribution in [2.24, 2.45) is 5.92 Å². The van der Waals surface area contributed by atoms with Gasteiger partial charge in [0.2, 0.25) is 0 Å². The molecule has 3 rings (SSSR count).